The Balaban J connectivity index is 3.28. The number of rotatable bonds is 5. The highest BCUT2D eigenvalue weighted by atomic mass is 14.9. The van der Waals surface area contributed by atoms with Crippen molar-refractivity contribution < 1.29 is 0 Å². The fraction of sp³-hybridized carbons (Fsp3) is 1.00. The highest BCUT2D eigenvalue weighted by molar-refractivity contribution is 4.74. The van der Waals surface area contributed by atoms with E-state index < -0.39 is 0 Å². The molecule has 0 heterocycles. The average Bonchev–Trinajstić information content (AvgIpc) is 1.85. The van der Waals surface area contributed by atoms with Crippen LogP contribution in [0.2, 0.25) is 0 Å². The molecule has 68 valence electrons. The van der Waals surface area contributed by atoms with Gasteiger partial charge >= 0.3 is 0 Å². The smallest absolute Gasteiger partial charge is 0.0223 e. The summed E-state index contributed by atoms with van der Waals surface area (Å²) in [5.41, 5.74) is 5.72. The van der Waals surface area contributed by atoms with E-state index in [-0.39, 0.29) is 5.54 Å². The van der Waals surface area contributed by atoms with Crippen LogP contribution in [0.15, 0.2) is 0 Å². The van der Waals surface area contributed by atoms with E-state index in [0.29, 0.717) is 0 Å². The van der Waals surface area contributed by atoms with Crippen LogP contribution in [0, 0.1) is 5.92 Å². The summed E-state index contributed by atoms with van der Waals surface area (Å²) in [4.78, 5) is 0. The largest absolute Gasteiger partial charge is 0.324 e. The van der Waals surface area contributed by atoms with Crippen molar-refractivity contribution in [3.05, 3.63) is 0 Å². The summed E-state index contributed by atoms with van der Waals surface area (Å²) >= 11 is 0. The lowest BCUT2D eigenvalue weighted by atomic mass is 10.1. The molecule has 1 unspecified atom stereocenters. The fourth-order valence-corrected chi connectivity index (χ4v) is 0.785. The Kier molecular flexibility index (Phi) is 4.69. The van der Waals surface area contributed by atoms with Crippen LogP contribution in [0.3, 0.4) is 0 Å². The van der Waals surface area contributed by atoms with Crippen molar-refractivity contribution in [2.75, 3.05) is 13.1 Å². The van der Waals surface area contributed by atoms with Crippen molar-refractivity contribution >= 4 is 0 Å². The third-order valence-corrected chi connectivity index (χ3v) is 1.77. The molecule has 0 saturated heterocycles. The van der Waals surface area contributed by atoms with Gasteiger partial charge in [0.25, 0.3) is 0 Å². The van der Waals surface area contributed by atoms with Gasteiger partial charge in [-0.25, -0.2) is 0 Å². The summed E-state index contributed by atoms with van der Waals surface area (Å²) < 4.78 is 0. The van der Waals surface area contributed by atoms with Crippen molar-refractivity contribution in [2.24, 2.45) is 11.7 Å². The molecule has 0 saturated carbocycles. The molecule has 11 heavy (non-hydrogen) atoms. The first-order chi connectivity index (χ1) is 4.95. The maximum Gasteiger partial charge on any atom is 0.0223 e. The van der Waals surface area contributed by atoms with E-state index in [9.17, 15) is 0 Å². The molecule has 0 aliphatic rings. The molecule has 0 fully saturated rings. The molecule has 0 amide bonds. The van der Waals surface area contributed by atoms with Crippen LogP contribution in [-0.4, -0.2) is 18.6 Å². The Labute approximate surface area is 70.5 Å². The van der Waals surface area contributed by atoms with Gasteiger partial charge < -0.3 is 11.1 Å². The third-order valence-electron chi connectivity index (χ3n) is 1.77. The molecule has 0 aromatic carbocycles. The third kappa shape index (κ3) is 7.82. The normalized spacial score (nSPS) is 15.0. The summed E-state index contributed by atoms with van der Waals surface area (Å²) in [5, 5.41) is 3.35. The van der Waals surface area contributed by atoms with Crippen LogP contribution < -0.4 is 11.1 Å². The van der Waals surface area contributed by atoms with Gasteiger partial charge in [0, 0.05) is 12.1 Å². The van der Waals surface area contributed by atoms with Gasteiger partial charge in [0.15, 0.2) is 0 Å². The first-order valence-corrected chi connectivity index (χ1v) is 4.45. The molecule has 0 aromatic rings. The Bertz CT molecular complexity index is 94.2. The molecule has 0 rings (SSSR count). The Morgan fingerprint density at radius 2 is 2.00 bits per heavy atom. The molecule has 3 N–H and O–H groups in total. The number of hydrogen-bond acceptors (Lipinski definition) is 2. The van der Waals surface area contributed by atoms with Crippen LogP contribution in [0.4, 0.5) is 0 Å². The zero-order chi connectivity index (χ0) is 8.91. The molecular formula is C9H22N2. The molecule has 2 nitrogen and oxygen atoms in total. The Morgan fingerprint density at radius 1 is 1.45 bits per heavy atom. The maximum atomic E-state index is 5.80. The minimum atomic E-state index is -0.0759. The molecule has 0 aliphatic heterocycles. The maximum absolute atomic E-state index is 5.80. The second-order valence-electron chi connectivity index (χ2n) is 4.13. The zero-order valence-corrected chi connectivity index (χ0v) is 8.28. The van der Waals surface area contributed by atoms with E-state index in [2.05, 4.69) is 19.2 Å². The van der Waals surface area contributed by atoms with Gasteiger partial charge in [-0.3, -0.25) is 0 Å². The van der Waals surface area contributed by atoms with Crippen molar-refractivity contribution in [1.29, 1.82) is 0 Å². The lowest BCUT2D eigenvalue weighted by Gasteiger charge is -2.20. The molecule has 0 radical (unpaired) electrons. The Hall–Kier alpha value is -0.0800. The Morgan fingerprint density at radius 3 is 2.36 bits per heavy atom. The SMILES string of the molecule is CCC(C)CNCC(C)(C)N. The molecule has 1 atom stereocenters. The summed E-state index contributed by atoms with van der Waals surface area (Å²) in [6.45, 7) is 10.5. The predicted molar refractivity (Wildman–Crippen MR) is 50.6 cm³/mol. The number of hydrogen-bond donors (Lipinski definition) is 2. The van der Waals surface area contributed by atoms with Crippen LogP contribution in [-0.2, 0) is 0 Å². The van der Waals surface area contributed by atoms with E-state index in [0.717, 1.165) is 19.0 Å². The van der Waals surface area contributed by atoms with E-state index in [1.165, 1.54) is 6.42 Å². The van der Waals surface area contributed by atoms with Gasteiger partial charge in [-0.2, -0.15) is 0 Å². The van der Waals surface area contributed by atoms with Crippen molar-refractivity contribution in [3.8, 4) is 0 Å². The van der Waals surface area contributed by atoms with Crippen LogP contribution in [0.5, 0.6) is 0 Å². The van der Waals surface area contributed by atoms with E-state index in [4.69, 9.17) is 5.73 Å². The number of nitrogens with two attached hydrogens (primary N) is 1. The average molecular weight is 158 g/mol. The number of nitrogens with one attached hydrogen (secondary N) is 1. The minimum absolute atomic E-state index is 0.0759. The second kappa shape index (κ2) is 4.73. The van der Waals surface area contributed by atoms with Gasteiger partial charge in [-0.1, -0.05) is 20.3 Å². The predicted octanol–water partition coefficient (Wildman–Crippen LogP) is 1.36. The standard InChI is InChI=1S/C9H22N2/c1-5-8(2)6-11-7-9(3,4)10/h8,11H,5-7,10H2,1-4H3. The van der Waals surface area contributed by atoms with Gasteiger partial charge in [0.2, 0.25) is 0 Å². The van der Waals surface area contributed by atoms with Gasteiger partial charge in [-0.15, -0.1) is 0 Å². The monoisotopic (exact) mass is 158 g/mol. The molecule has 0 bridgehead atoms. The topological polar surface area (TPSA) is 38.0 Å². The lowest BCUT2D eigenvalue weighted by molar-refractivity contribution is 0.426. The van der Waals surface area contributed by atoms with Crippen LogP contribution >= 0.6 is 0 Å². The summed E-state index contributed by atoms with van der Waals surface area (Å²) in [6, 6.07) is 0. The van der Waals surface area contributed by atoms with E-state index in [1.54, 1.807) is 0 Å². The van der Waals surface area contributed by atoms with Crippen molar-refractivity contribution in [3.63, 3.8) is 0 Å². The minimum Gasteiger partial charge on any atom is -0.324 e. The van der Waals surface area contributed by atoms with Crippen molar-refractivity contribution in [1.82, 2.24) is 5.32 Å². The quantitative estimate of drug-likeness (QED) is 0.634. The summed E-state index contributed by atoms with van der Waals surface area (Å²) in [5.74, 6) is 0.761. The van der Waals surface area contributed by atoms with Crippen LogP contribution in [0.1, 0.15) is 34.1 Å². The lowest BCUT2D eigenvalue weighted by Crippen LogP contribution is -2.44. The van der Waals surface area contributed by atoms with E-state index in [1.807, 2.05) is 13.8 Å². The van der Waals surface area contributed by atoms with Crippen LogP contribution in [0.25, 0.3) is 0 Å². The van der Waals surface area contributed by atoms with Gasteiger partial charge in [-0.05, 0) is 26.3 Å². The summed E-state index contributed by atoms with van der Waals surface area (Å²) in [6.07, 6.45) is 1.23. The molecular weight excluding hydrogens is 136 g/mol. The first-order valence-electron chi connectivity index (χ1n) is 4.45. The van der Waals surface area contributed by atoms with Gasteiger partial charge in [0.05, 0.1) is 0 Å². The fourth-order valence-electron chi connectivity index (χ4n) is 0.785. The highest BCUT2D eigenvalue weighted by Gasteiger charge is 2.09. The zero-order valence-electron chi connectivity index (χ0n) is 8.28. The van der Waals surface area contributed by atoms with Gasteiger partial charge in [0.1, 0.15) is 0 Å². The molecule has 0 aromatic heterocycles. The molecule has 0 spiro atoms. The molecule has 2 heteroatoms. The second-order valence-corrected chi connectivity index (χ2v) is 4.13. The highest BCUT2D eigenvalue weighted by Crippen LogP contribution is 1.98. The first kappa shape index (κ1) is 10.9. The van der Waals surface area contributed by atoms with Crippen molar-refractivity contribution in [2.45, 2.75) is 39.7 Å². The molecule has 0 aliphatic carbocycles. The van der Waals surface area contributed by atoms with E-state index >= 15 is 0 Å². The summed E-state index contributed by atoms with van der Waals surface area (Å²) in [7, 11) is 0.